The van der Waals surface area contributed by atoms with Crippen molar-refractivity contribution < 1.29 is 40.6 Å². The van der Waals surface area contributed by atoms with E-state index in [4.69, 9.17) is 10.5 Å². The number of carbonyl (C=O) groups is 1. The van der Waals surface area contributed by atoms with Crippen molar-refractivity contribution in [2.75, 3.05) is 0 Å². The van der Waals surface area contributed by atoms with Crippen LogP contribution >= 0.6 is 0 Å². The Hall–Kier alpha value is -2.91. The molecule has 0 fully saturated rings. The maximum Gasteiger partial charge on any atom is 0.573 e. The molecule has 0 radical (unpaired) electrons. The molecule has 1 amide bonds. The van der Waals surface area contributed by atoms with Gasteiger partial charge in [0.15, 0.2) is 0 Å². The topological polar surface area (TPSA) is 61.6 Å². The molecular formula is C17H13F6NO3. The Balaban J connectivity index is 2.26. The Bertz CT molecular complexity index is 846. The third-order valence-corrected chi connectivity index (χ3v) is 3.41. The summed E-state index contributed by atoms with van der Waals surface area (Å²) in [4.78, 5) is 11.2. The summed E-state index contributed by atoms with van der Waals surface area (Å²) in [5, 5.41) is 0. The first-order valence-electron chi connectivity index (χ1n) is 7.35. The van der Waals surface area contributed by atoms with Crippen LogP contribution in [0, 0.1) is 6.92 Å². The molecule has 0 aliphatic rings. The quantitative estimate of drug-likeness (QED) is 0.756. The standard InChI is InChI=1S/C17H13F6NO3/c1-9-2-3-10(4-14(9)16(18,19)20)8-26-12-5-11(15(24)25)6-13(7-12)27-17(21,22)23/h2-7H,8H2,1H3,(H2,24,25). The third kappa shape index (κ3) is 5.80. The van der Waals surface area contributed by atoms with E-state index in [1.54, 1.807) is 0 Å². The summed E-state index contributed by atoms with van der Waals surface area (Å²) in [6.07, 6.45) is -9.56. The number of aryl methyl sites for hydroxylation is 1. The maximum atomic E-state index is 12.9. The normalized spacial score (nSPS) is 12.0. The van der Waals surface area contributed by atoms with Gasteiger partial charge >= 0.3 is 12.5 Å². The van der Waals surface area contributed by atoms with Crippen molar-refractivity contribution >= 4 is 5.91 Å². The van der Waals surface area contributed by atoms with Crippen molar-refractivity contribution in [1.82, 2.24) is 0 Å². The molecule has 0 bridgehead atoms. The second-order valence-corrected chi connectivity index (χ2v) is 5.54. The van der Waals surface area contributed by atoms with Gasteiger partial charge in [-0.3, -0.25) is 4.79 Å². The lowest BCUT2D eigenvalue weighted by molar-refractivity contribution is -0.274. The van der Waals surface area contributed by atoms with Crippen LogP contribution in [0.5, 0.6) is 11.5 Å². The van der Waals surface area contributed by atoms with Gasteiger partial charge in [-0.05, 0) is 36.2 Å². The smallest absolute Gasteiger partial charge is 0.489 e. The molecule has 2 aromatic carbocycles. The van der Waals surface area contributed by atoms with E-state index in [1.165, 1.54) is 19.1 Å². The van der Waals surface area contributed by atoms with E-state index in [1.807, 2.05) is 0 Å². The third-order valence-electron chi connectivity index (χ3n) is 3.41. The van der Waals surface area contributed by atoms with Gasteiger partial charge in [-0.25, -0.2) is 0 Å². The summed E-state index contributed by atoms with van der Waals surface area (Å²) >= 11 is 0. The van der Waals surface area contributed by atoms with Crippen LogP contribution in [-0.4, -0.2) is 12.3 Å². The molecule has 0 spiro atoms. The molecule has 0 unspecified atom stereocenters. The molecule has 0 aliphatic heterocycles. The summed E-state index contributed by atoms with van der Waals surface area (Å²) in [6, 6.07) is 6.19. The van der Waals surface area contributed by atoms with E-state index in [0.717, 1.165) is 24.3 Å². The Morgan fingerprint density at radius 3 is 2.19 bits per heavy atom. The number of carbonyl (C=O) groups excluding carboxylic acids is 1. The van der Waals surface area contributed by atoms with Gasteiger partial charge in [0.25, 0.3) is 0 Å². The molecule has 0 heterocycles. The molecule has 27 heavy (non-hydrogen) atoms. The predicted molar refractivity (Wildman–Crippen MR) is 82.2 cm³/mol. The van der Waals surface area contributed by atoms with Crippen LogP contribution in [0.1, 0.15) is 27.0 Å². The summed E-state index contributed by atoms with van der Waals surface area (Å²) in [7, 11) is 0. The number of rotatable bonds is 5. The zero-order valence-corrected chi connectivity index (χ0v) is 13.7. The maximum absolute atomic E-state index is 12.9. The van der Waals surface area contributed by atoms with E-state index in [2.05, 4.69) is 4.74 Å². The largest absolute Gasteiger partial charge is 0.573 e. The van der Waals surface area contributed by atoms with Gasteiger partial charge in [0.1, 0.15) is 18.1 Å². The summed E-state index contributed by atoms with van der Waals surface area (Å²) in [5.74, 6) is -1.99. The zero-order valence-electron chi connectivity index (χ0n) is 13.7. The number of amides is 1. The minimum absolute atomic E-state index is 0.0165. The average molecular weight is 393 g/mol. The van der Waals surface area contributed by atoms with Crippen molar-refractivity contribution in [3.8, 4) is 11.5 Å². The van der Waals surface area contributed by atoms with E-state index in [-0.39, 0.29) is 29.0 Å². The Kier molecular flexibility index (Phi) is 5.57. The average Bonchev–Trinajstić information content (AvgIpc) is 2.51. The fourth-order valence-electron chi connectivity index (χ4n) is 2.22. The van der Waals surface area contributed by atoms with Gasteiger partial charge in [0.05, 0.1) is 5.56 Å². The molecule has 0 saturated carbocycles. The van der Waals surface area contributed by atoms with Crippen molar-refractivity contribution in [3.05, 3.63) is 58.7 Å². The highest BCUT2D eigenvalue weighted by Crippen LogP contribution is 2.33. The Morgan fingerprint density at radius 1 is 1.00 bits per heavy atom. The molecule has 0 aliphatic carbocycles. The molecule has 4 nitrogen and oxygen atoms in total. The monoisotopic (exact) mass is 393 g/mol. The second kappa shape index (κ2) is 7.37. The number of ether oxygens (including phenoxy) is 2. The number of primary amides is 1. The van der Waals surface area contributed by atoms with Crippen LogP contribution < -0.4 is 15.2 Å². The minimum atomic E-state index is -5.01. The van der Waals surface area contributed by atoms with Gasteiger partial charge in [0, 0.05) is 11.6 Å². The van der Waals surface area contributed by atoms with Gasteiger partial charge in [-0.15, -0.1) is 13.2 Å². The number of benzene rings is 2. The van der Waals surface area contributed by atoms with E-state index in [9.17, 15) is 31.1 Å². The first-order chi connectivity index (χ1) is 12.3. The molecular weight excluding hydrogens is 380 g/mol. The number of hydrogen-bond donors (Lipinski definition) is 1. The highest BCUT2D eigenvalue weighted by Gasteiger charge is 2.33. The summed E-state index contributed by atoms with van der Waals surface area (Å²) in [5.41, 5.74) is 4.04. The van der Waals surface area contributed by atoms with Crippen molar-refractivity contribution in [1.29, 1.82) is 0 Å². The van der Waals surface area contributed by atoms with E-state index in [0.29, 0.717) is 0 Å². The Morgan fingerprint density at radius 2 is 1.63 bits per heavy atom. The van der Waals surface area contributed by atoms with Crippen LogP contribution in [0.25, 0.3) is 0 Å². The number of halogens is 6. The number of nitrogens with two attached hydrogens (primary N) is 1. The summed E-state index contributed by atoms with van der Waals surface area (Å²) in [6.45, 7) is 0.918. The SMILES string of the molecule is Cc1ccc(COc2cc(OC(F)(F)F)cc(C(N)=O)c2)cc1C(F)(F)F. The van der Waals surface area contributed by atoms with Crippen molar-refractivity contribution in [3.63, 3.8) is 0 Å². The summed E-state index contributed by atoms with van der Waals surface area (Å²) < 4.78 is 84.8. The van der Waals surface area contributed by atoms with Crippen molar-refractivity contribution in [2.45, 2.75) is 26.1 Å². The lowest BCUT2D eigenvalue weighted by Gasteiger charge is -2.14. The molecule has 2 N–H and O–H groups in total. The number of alkyl halides is 6. The molecule has 2 rings (SSSR count). The van der Waals surface area contributed by atoms with Crippen LogP contribution in [0.2, 0.25) is 0 Å². The van der Waals surface area contributed by atoms with Gasteiger partial charge in [0.2, 0.25) is 5.91 Å². The molecule has 2 aromatic rings. The van der Waals surface area contributed by atoms with E-state index < -0.39 is 29.8 Å². The molecule has 10 heteroatoms. The van der Waals surface area contributed by atoms with Crippen LogP contribution in [0.3, 0.4) is 0 Å². The van der Waals surface area contributed by atoms with E-state index >= 15 is 0 Å². The fraction of sp³-hybridized carbons (Fsp3) is 0.235. The lowest BCUT2D eigenvalue weighted by Crippen LogP contribution is -2.18. The highest BCUT2D eigenvalue weighted by molar-refractivity contribution is 5.93. The van der Waals surface area contributed by atoms with Crippen molar-refractivity contribution in [2.24, 2.45) is 5.73 Å². The molecule has 0 aromatic heterocycles. The zero-order chi connectivity index (χ0) is 20.4. The number of hydrogen-bond acceptors (Lipinski definition) is 3. The van der Waals surface area contributed by atoms with Crippen LogP contribution in [0.15, 0.2) is 36.4 Å². The van der Waals surface area contributed by atoms with Crippen LogP contribution in [-0.2, 0) is 12.8 Å². The lowest BCUT2D eigenvalue weighted by atomic mass is 10.1. The first-order valence-corrected chi connectivity index (χ1v) is 7.35. The first kappa shape index (κ1) is 20.4. The fourth-order valence-corrected chi connectivity index (χ4v) is 2.22. The minimum Gasteiger partial charge on any atom is -0.489 e. The predicted octanol–water partition coefficient (Wildman–Crippen LogP) is 4.59. The molecule has 0 atom stereocenters. The van der Waals surface area contributed by atoms with Crippen LogP contribution in [0.4, 0.5) is 26.3 Å². The van der Waals surface area contributed by atoms with Gasteiger partial charge in [-0.2, -0.15) is 13.2 Å². The molecule has 146 valence electrons. The van der Waals surface area contributed by atoms with Gasteiger partial charge in [-0.1, -0.05) is 12.1 Å². The second-order valence-electron chi connectivity index (χ2n) is 5.54. The Labute approximate surface area is 149 Å². The highest BCUT2D eigenvalue weighted by atomic mass is 19.4. The van der Waals surface area contributed by atoms with Gasteiger partial charge < -0.3 is 15.2 Å². The molecule has 0 saturated heterocycles.